The largest absolute Gasteiger partial charge is 0.481 e. The van der Waals surface area contributed by atoms with E-state index in [1.54, 1.807) is 24.3 Å². The molecule has 23 heavy (non-hydrogen) atoms. The number of anilines is 1. The van der Waals surface area contributed by atoms with Crippen LogP contribution in [0.1, 0.15) is 29.3 Å². The Hall–Kier alpha value is -2.82. The summed E-state index contributed by atoms with van der Waals surface area (Å²) in [6, 6.07) is 14.1. The van der Waals surface area contributed by atoms with Crippen LogP contribution in [0.2, 0.25) is 0 Å². The van der Waals surface area contributed by atoms with Gasteiger partial charge in [0, 0.05) is 0 Å². The number of primary amides is 1. The number of aryl methyl sites for hydroxylation is 1. The molecule has 0 aliphatic heterocycles. The fourth-order valence-corrected chi connectivity index (χ4v) is 2.12. The minimum Gasteiger partial charge on any atom is -0.481 e. The molecule has 120 valence electrons. The van der Waals surface area contributed by atoms with Crippen molar-refractivity contribution in [2.24, 2.45) is 5.73 Å². The first kappa shape index (κ1) is 16.5. The zero-order valence-electron chi connectivity index (χ0n) is 13.2. The van der Waals surface area contributed by atoms with Crippen LogP contribution in [0.4, 0.5) is 5.69 Å². The third-order valence-electron chi connectivity index (χ3n) is 3.41. The van der Waals surface area contributed by atoms with Crippen LogP contribution in [0.3, 0.4) is 0 Å². The van der Waals surface area contributed by atoms with Crippen LogP contribution in [0.25, 0.3) is 0 Å². The lowest BCUT2D eigenvalue weighted by Gasteiger charge is -2.18. The van der Waals surface area contributed by atoms with Crippen LogP contribution < -0.4 is 15.8 Å². The van der Waals surface area contributed by atoms with Crippen molar-refractivity contribution in [1.29, 1.82) is 0 Å². The van der Waals surface area contributed by atoms with Crippen molar-refractivity contribution in [3.05, 3.63) is 59.7 Å². The molecule has 5 nitrogen and oxygen atoms in total. The van der Waals surface area contributed by atoms with E-state index in [1.807, 2.05) is 38.1 Å². The third-order valence-corrected chi connectivity index (χ3v) is 3.41. The molecule has 0 heterocycles. The molecule has 0 aliphatic rings. The fraction of sp³-hybridized carbons (Fsp3) is 0.222. The summed E-state index contributed by atoms with van der Waals surface area (Å²) in [4.78, 5) is 23.8. The average molecular weight is 312 g/mol. The predicted octanol–water partition coefficient (Wildman–Crippen LogP) is 2.89. The topological polar surface area (TPSA) is 81.4 Å². The Morgan fingerprint density at radius 1 is 1.13 bits per heavy atom. The molecule has 2 amide bonds. The zero-order valence-corrected chi connectivity index (χ0v) is 13.2. The van der Waals surface area contributed by atoms with Gasteiger partial charge in [-0.15, -0.1) is 0 Å². The summed E-state index contributed by atoms with van der Waals surface area (Å²) in [5, 5.41) is 2.71. The van der Waals surface area contributed by atoms with Crippen molar-refractivity contribution < 1.29 is 14.3 Å². The van der Waals surface area contributed by atoms with Crippen molar-refractivity contribution in [3.63, 3.8) is 0 Å². The predicted molar refractivity (Wildman–Crippen MR) is 89.5 cm³/mol. The van der Waals surface area contributed by atoms with Crippen LogP contribution in [-0.2, 0) is 4.79 Å². The third kappa shape index (κ3) is 4.32. The Balaban J connectivity index is 2.11. The van der Waals surface area contributed by atoms with Gasteiger partial charge in [0.15, 0.2) is 6.10 Å². The second kappa shape index (κ2) is 7.45. The summed E-state index contributed by atoms with van der Waals surface area (Å²) < 4.78 is 5.72. The van der Waals surface area contributed by atoms with Crippen molar-refractivity contribution in [1.82, 2.24) is 0 Å². The Morgan fingerprint density at radius 2 is 1.78 bits per heavy atom. The van der Waals surface area contributed by atoms with Gasteiger partial charge in [-0.3, -0.25) is 9.59 Å². The van der Waals surface area contributed by atoms with Gasteiger partial charge in [-0.1, -0.05) is 36.8 Å². The maximum atomic E-state index is 12.4. The van der Waals surface area contributed by atoms with Gasteiger partial charge >= 0.3 is 0 Å². The average Bonchev–Trinajstić information content (AvgIpc) is 2.54. The number of nitrogens with two attached hydrogens (primary N) is 1. The van der Waals surface area contributed by atoms with E-state index in [9.17, 15) is 9.59 Å². The van der Waals surface area contributed by atoms with Gasteiger partial charge in [-0.25, -0.2) is 0 Å². The normalized spacial score (nSPS) is 11.6. The molecule has 2 rings (SSSR count). The van der Waals surface area contributed by atoms with Crippen molar-refractivity contribution >= 4 is 17.5 Å². The molecule has 0 aromatic heterocycles. The first-order valence-corrected chi connectivity index (χ1v) is 7.44. The number of carbonyl (C=O) groups excluding carboxylic acids is 2. The molecule has 3 N–H and O–H groups in total. The summed E-state index contributed by atoms with van der Waals surface area (Å²) in [7, 11) is 0. The molecule has 0 saturated carbocycles. The minimum absolute atomic E-state index is 0.269. The molecule has 2 aromatic carbocycles. The number of benzene rings is 2. The first-order chi connectivity index (χ1) is 11.0. The number of ether oxygens (including phenoxy) is 1. The highest BCUT2D eigenvalue weighted by Gasteiger charge is 2.20. The molecule has 0 spiro atoms. The van der Waals surface area contributed by atoms with Crippen LogP contribution in [0.15, 0.2) is 48.5 Å². The number of para-hydroxylation sites is 1. The van der Waals surface area contributed by atoms with Gasteiger partial charge in [-0.2, -0.15) is 0 Å². The van der Waals surface area contributed by atoms with E-state index in [0.717, 1.165) is 5.56 Å². The molecule has 1 atom stereocenters. The number of carbonyl (C=O) groups is 2. The maximum absolute atomic E-state index is 12.4. The zero-order chi connectivity index (χ0) is 16.8. The van der Waals surface area contributed by atoms with Gasteiger partial charge in [0.2, 0.25) is 0 Å². The summed E-state index contributed by atoms with van der Waals surface area (Å²) in [5.41, 5.74) is 7.09. The summed E-state index contributed by atoms with van der Waals surface area (Å²) in [5.74, 6) is -0.282. The molecule has 0 radical (unpaired) electrons. The summed E-state index contributed by atoms with van der Waals surface area (Å²) in [6.07, 6.45) is -0.156. The van der Waals surface area contributed by atoms with E-state index < -0.39 is 12.0 Å². The van der Waals surface area contributed by atoms with Crippen molar-refractivity contribution in [3.8, 4) is 5.75 Å². The van der Waals surface area contributed by atoms with E-state index in [1.165, 1.54) is 0 Å². The van der Waals surface area contributed by atoms with Gasteiger partial charge in [-0.05, 0) is 37.6 Å². The highest BCUT2D eigenvalue weighted by molar-refractivity contribution is 6.04. The monoisotopic (exact) mass is 312 g/mol. The quantitative estimate of drug-likeness (QED) is 0.860. The summed E-state index contributed by atoms with van der Waals surface area (Å²) in [6.45, 7) is 3.84. The van der Waals surface area contributed by atoms with E-state index in [2.05, 4.69) is 5.32 Å². The van der Waals surface area contributed by atoms with Crippen LogP contribution >= 0.6 is 0 Å². The van der Waals surface area contributed by atoms with E-state index in [-0.39, 0.29) is 11.5 Å². The smallest absolute Gasteiger partial charge is 0.265 e. The van der Waals surface area contributed by atoms with Crippen LogP contribution in [0.5, 0.6) is 5.75 Å². The van der Waals surface area contributed by atoms with E-state index in [0.29, 0.717) is 17.9 Å². The number of nitrogens with one attached hydrogen (secondary N) is 1. The van der Waals surface area contributed by atoms with Gasteiger partial charge in [0.05, 0.1) is 11.3 Å². The molecular formula is C18H20N2O3. The maximum Gasteiger partial charge on any atom is 0.265 e. The molecule has 0 fully saturated rings. The molecule has 2 aromatic rings. The minimum atomic E-state index is -0.654. The molecule has 0 bridgehead atoms. The molecule has 5 heteroatoms. The molecule has 0 aliphatic carbocycles. The summed E-state index contributed by atoms with van der Waals surface area (Å²) >= 11 is 0. The molecular weight excluding hydrogens is 292 g/mol. The van der Waals surface area contributed by atoms with Crippen molar-refractivity contribution in [2.75, 3.05) is 5.32 Å². The number of rotatable bonds is 6. The Labute approximate surface area is 135 Å². The van der Waals surface area contributed by atoms with E-state index in [4.69, 9.17) is 10.5 Å². The van der Waals surface area contributed by atoms with Crippen molar-refractivity contribution in [2.45, 2.75) is 26.4 Å². The number of hydrogen-bond donors (Lipinski definition) is 2. The number of hydrogen-bond acceptors (Lipinski definition) is 3. The number of amides is 2. The van der Waals surface area contributed by atoms with Gasteiger partial charge < -0.3 is 15.8 Å². The lowest BCUT2D eigenvalue weighted by molar-refractivity contribution is -0.122. The molecule has 1 unspecified atom stereocenters. The second-order valence-corrected chi connectivity index (χ2v) is 5.23. The lowest BCUT2D eigenvalue weighted by atomic mass is 10.1. The Kier molecular flexibility index (Phi) is 5.36. The first-order valence-electron chi connectivity index (χ1n) is 7.44. The van der Waals surface area contributed by atoms with Crippen LogP contribution in [-0.4, -0.2) is 17.9 Å². The van der Waals surface area contributed by atoms with Crippen LogP contribution in [0, 0.1) is 6.92 Å². The molecule has 0 saturated heterocycles. The van der Waals surface area contributed by atoms with Gasteiger partial charge in [0.25, 0.3) is 11.8 Å². The SMILES string of the molecule is CCC(Oc1ccc(C)cc1)C(=O)Nc1ccccc1C(N)=O. The Morgan fingerprint density at radius 3 is 2.39 bits per heavy atom. The highest BCUT2D eigenvalue weighted by Crippen LogP contribution is 2.18. The standard InChI is InChI=1S/C18H20N2O3/c1-3-16(23-13-10-8-12(2)9-11-13)18(22)20-15-7-5-4-6-14(15)17(19)21/h4-11,16H,3H2,1-2H3,(H2,19,21)(H,20,22). The highest BCUT2D eigenvalue weighted by atomic mass is 16.5. The van der Waals surface area contributed by atoms with Gasteiger partial charge in [0.1, 0.15) is 5.75 Å². The fourth-order valence-electron chi connectivity index (χ4n) is 2.12. The lowest BCUT2D eigenvalue weighted by Crippen LogP contribution is -2.33. The Bertz CT molecular complexity index is 696. The van der Waals surface area contributed by atoms with E-state index >= 15 is 0 Å². The second-order valence-electron chi connectivity index (χ2n) is 5.23.